The fourth-order valence-electron chi connectivity index (χ4n) is 4.50. The molecule has 5 nitrogen and oxygen atoms in total. The molecule has 5 heteroatoms. The van der Waals surface area contributed by atoms with Gasteiger partial charge in [-0.3, -0.25) is 0 Å². The Hall–Kier alpha value is -2.82. The van der Waals surface area contributed by atoms with Crippen LogP contribution in [0.5, 0.6) is 11.5 Å². The summed E-state index contributed by atoms with van der Waals surface area (Å²) in [5.41, 5.74) is 4.50. The highest BCUT2D eigenvalue weighted by atomic mass is 16.5. The van der Waals surface area contributed by atoms with Gasteiger partial charge in [0.25, 0.3) is 0 Å². The van der Waals surface area contributed by atoms with Gasteiger partial charge in [0.05, 0.1) is 14.2 Å². The van der Waals surface area contributed by atoms with Crippen LogP contribution in [0.3, 0.4) is 0 Å². The van der Waals surface area contributed by atoms with Crippen LogP contribution in [-0.4, -0.2) is 28.8 Å². The standard InChI is InChI=1S/C22H23N3O2/c1-26-19-7-5-16(12-20(19)27-2)22-23-21-8-6-17(13-25(21)24-22)18-10-14-3-4-15(9-14)11-18/h5-8,10,12-15H,3-4,9,11H2,1-2H3. The Morgan fingerprint density at radius 1 is 1.00 bits per heavy atom. The van der Waals surface area contributed by atoms with E-state index in [9.17, 15) is 0 Å². The Balaban J connectivity index is 1.51. The van der Waals surface area contributed by atoms with E-state index in [1.165, 1.54) is 36.8 Å². The van der Waals surface area contributed by atoms with Crippen LogP contribution in [0.25, 0.3) is 22.6 Å². The van der Waals surface area contributed by atoms with Crippen molar-refractivity contribution in [1.29, 1.82) is 0 Å². The topological polar surface area (TPSA) is 48.7 Å². The van der Waals surface area contributed by atoms with Gasteiger partial charge in [0.1, 0.15) is 0 Å². The molecule has 0 radical (unpaired) electrons. The molecule has 138 valence electrons. The van der Waals surface area contributed by atoms with Crippen molar-refractivity contribution in [1.82, 2.24) is 14.6 Å². The maximum Gasteiger partial charge on any atom is 0.182 e. The second-order valence-corrected chi connectivity index (χ2v) is 7.56. The van der Waals surface area contributed by atoms with Crippen molar-refractivity contribution in [3.8, 4) is 22.9 Å². The molecule has 3 aromatic rings. The van der Waals surface area contributed by atoms with Crippen LogP contribution in [0, 0.1) is 11.8 Å². The third kappa shape index (κ3) is 2.87. The number of rotatable bonds is 4. The average molecular weight is 361 g/mol. The van der Waals surface area contributed by atoms with Crippen molar-refractivity contribution in [3.63, 3.8) is 0 Å². The lowest BCUT2D eigenvalue weighted by Gasteiger charge is -2.19. The lowest BCUT2D eigenvalue weighted by atomic mass is 9.87. The summed E-state index contributed by atoms with van der Waals surface area (Å²) in [5.74, 6) is 3.70. The monoisotopic (exact) mass is 361 g/mol. The van der Waals surface area contributed by atoms with Crippen molar-refractivity contribution < 1.29 is 9.47 Å². The summed E-state index contributed by atoms with van der Waals surface area (Å²) in [6.07, 6.45) is 9.89. The second kappa shape index (κ2) is 6.41. The molecular formula is C22H23N3O2. The maximum atomic E-state index is 5.40. The first-order valence-corrected chi connectivity index (χ1v) is 9.53. The van der Waals surface area contributed by atoms with Crippen molar-refractivity contribution in [2.24, 2.45) is 11.8 Å². The molecule has 2 aliphatic rings. The highest BCUT2D eigenvalue weighted by Crippen LogP contribution is 2.43. The third-order valence-electron chi connectivity index (χ3n) is 5.87. The number of pyridine rings is 1. The van der Waals surface area contributed by atoms with E-state index in [2.05, 4.69) is 29.4 Å². The molecule has 0 spiro atoms. The van der Waals surface area contributed by atoms with Gasteiger partial charge in [-0.05, 0) is 79.0 Å². The number of nitrogens with zero attached hydrogens (tertiary/aromatic N) is 3. The number of benzene rings is 1. The van der Waals surface area contributed by atoms with Crippen LogP contribution in [0.2, 0.25) is 0 Å². The molecule has 0 aliphatic heterocycles. The summed E-state index contributed by atoms with van der Waals surface area (Å²) in [4.78, 5) is 4.68. The Labute approximate surface area is 158 Å². The van der Waals surface area contributed by atoms with Crippen LogP contribution in [-0.2, 0) is 0 Å². The zero-order chi connectivity index (χ0) is 18.4. The molecule has 1 aromatic carbocycles. The number of methoxy groups -OCH3 is 2. The molecule has 2 aliphatic carbocycles. The summed E-state index contributed by atoms with van der Waals surface area (Å²) in [5, 5.41) is 4.71. The molecular weight excluding hydrogens is 338 g/mol. The molecule has 0 amide bonds. The van der Waals surface area contributed by atoms with Crippen molar-refractivity contribution >= 4 is 11.2 Å². The first-order chi connectivity index (χ1) is 13.2. The minimum atomic E-state index is 0.678. The Kier molecular flexibility index (Phi) is 3.88. The second-order valence-electron chi connectivity index (χ2n) is 7.56. The van der Waals surface area contributed by atoms with E-state index in [1.807, 2.05) is 22.7 Å². The van der Waals surface area contributed by atoms with Gasteiger partial charge >= 0.3 is 0 Å². The lowest BCUT2D eigenvalue weighted by molar-refractivity contribution is 0.355. The number of fused-ring (bicyclic) bond motifs is 3. The van der Waals surface area contributed by atoms with Crippen LogP contribution in [0.15, 0.2) is 42.6 Å². The van der Waals surface area contributed by atoms with E-state index in [4.69, 9.17) is 14.6 Å². The van der Waals surface area contributed by atoms with Gasteiger partial charge in [0.15, 0.2) is 23.0 Å². The van der Waals surface area contributed by atoms with Gasteiger partial charge in [-0.25, -0.2) is 9.50 Å². The molecule has 0 N–H and O–H groups in total. The van der Waals surface area contributed by atoms with Crippen LogP contribution in [0.1, 0.15) is 31.2 Å². The molecule has 2 unspecified atom stereocenters. The van der Waals surface area contributed by atoms with Gasteiger partial charge in [-0.2, -0.15) is 0 Å². The summed E-state index contributed by atoms with van der Waals surface area (Å²) < 4.78 is 12.6. The Morgan fingerprint density at radius 3 is 2.67 bits per heavy atom. The van der Waals surface area contributed by atoms with Gasteiger partial charge in [0, 0.05) is 11.8 Å². The minimum absolute atomic E-state index is 0.678. The van der Waals surface area contributed by atoms with Crippen LogP contribution < -0.4 is 9.47 Å². The number of hydrogen-bond donors (Lipinski definition) is 0. The molecule has 2 atom stereocenters. The summed E-state index contributed by atoms with van der Waals surface area (Å²) >= 11 is 0. The summed E-state index contributed by atoms with van der Waals surface area (Å²) in [6, 6.07) is 9.99. The SMILES string of the molecule is COc1ccc(-c2nc3ccc(C4=CC5CCC(C4)C5)cn3n2)cc1OC. The predicted octanol–water partition coefficient (Wildman–Crippen LogP) is 4.62. The fourth-order valence-corrected chi connectivity index (χ4v) is 4.50. The molecule has 27 heavy (non-hydrogen) atoms. The summed E-state index contributed by atoms with van der Waals surface area (Å²) in [7, 11) is 3.27. The van der Waals surface area contributed by atoms with E-state index in [-0.39, 0.29) is 0 Å². The molecule has 5 rings (SSSR count). The normalized spacial score (nSPS) is 21.3. The van der Waals surface area contributed by atoms with Gasteiger partial charge in [-0.1, -0.05) is 6.08 Å². The maximum absolute atomic E-state index is 5.40. The zero-order valence-corrected chi connectivity index (χ0v) is 15.7. The van der Waals surface area contributed by atoms with E-state index in [1.54, 1.807) is 14.2 Å². The molecule has 2 heterocycles. The van der Waals surface area contributed by atoms with Gasteiger partial charge in [-0.15, -0.1) is 5.10 Å². The number of ether oxygens (including phenoxy) is 2. The van der Waals surface area contributed by atoms with E-state index in [0.717, 1.165) is 23.0 Å². The lowest BCUT2D eigenvalue weighted by Crippen LogP contribution is -2.04. The average Bonchev–Trinajstić information content (AvgIpc) is 3.29. The quantitative estimate of drug-likeness (QED) is 0.680. The number of aromatic nitrogens is 3. The van der Waals surface area contributed by atoms with Gasteiger partial charge in [0.2, 0.25) is 0 Å². The van der Waals surface area contributed by atoms with Crippen molar-refractivity contribution in [2.75, 3.05) is 14.2 Å². The number of allylic oxidation sites excluding steroid dienone is 2. The fraction of sp³-hybridized carbons (Fsp3) is 0.364. The van der Waals surface area contributed by atoms with Gasteiger partial charge < -0.3 is 9.47 Å². The van der Waals surface area contributed by atoms with E-state index >= 15 is 0 Å². The molecule has 2 bridgehead atoms. The molecule has 0 saturated heterocycles. The molecule has 1 saturated carbocycles. The largest absolute Gasteiger partial charge is 0.493 e. The number of hydrogen-bond acceptors (Lipinski definition) is 4. The van der Waals surface area contributed by atoms with Crippen LogP contribution in [0.4, 0.5) is 0 Å². The smallest absolute Gasteiger partial charge is 0.182 e. The first-order valence-electron chi connectivity index (χ1n) is 9.53. The van der Waals surface area contributed by atoms with Crippen molar-refractivity contribution in [2.45, 2.75) is 25.7 Å². The minimum Gasteiger partial charge on any atom is -0.493 e. The predicted molar refractivity (Wildman–Crippen MR) is 105 cm³/mol. The highest BCUT2D eigenvalue weighted by Gasteiger charge is 2.29. The summed E-state index contributed by atoms with van der Waals surface area (Å²) in [6.45, 7) is 0. The van der Waals surface area contributed by atoms with Crippen molar-refractivity contribution in [3.05, 3.63) is 48.2 Å². The van der Waals surface area contributed by atoms with Crippen LogP contribution >= 0.6 is 0 Å². The Bertz CT molecular complexity index is 1040. The first kappa shape index (κ1) is 16.4. The highest BCUT2D eigenvalue weighted by molar-refractivity contribution is 5.69. The van der Waals surface area contributed by atoms with E-state index < -0.39 is 0 Å². The van der Waals surface area contributed by atoms with E-state index in [0.29, 0.717) is 17.3 Å². The zero-order valence-electron chi connectivity index (χ0n) is 15.7. The third-order valence-corrected chi connectivity index (χ3v) is 5.87. The Morgan fingerprint density at radius 2 is 1.85 bits per heavy atom. The molecule has 1 fully saturated rings. The molecule has 2 aromatic heterocycles.